The zero-order valence-electron chi connectivity index (χ0n) is 28.7. The first-order valence-corrected chi connectivity index (χ1v) is 17.0. The molecule has 2 heterocycles. The summed E-state index contributed by atoms with van der Waals surface area (Å²) in [6.07, 6.45) is 3.25. The summed E-state index contributed by atoms with van der Waals surface area (Å²) in [5, 5.41) is 11.6. The van der Waals surface area contributed by atoms with E-state index in [1.807, 2.05) is 18.1 Å². The normalized spacial score (nSPS) is 11.1. The number of aryl methyl sites for hydroxylation is 1. The van der Waals surface area contributed by atoms with Gasteiger partial charge in [0.05, 0.1) is 11.4 Å². The van der Waals surface area contributed by atoms with E-state index < -0.39 is 0 Å². The predicted molar refractivity (Wildman–Crippen MR) is 198 cm³/mol. The third kappa shape index (κ3) is 7.89. The number of fused-ring (bicyclic) bond motifs is 2. The third-order valence-corrected chi connectivity index (χ3v) is 8.82. The summed E-state index contributed by atoms with van der Waals surface area (Å²) in [6.45, 7) is 7.72. The number of benzene rings is 4. The fraction of sp³-hybridized carbons (Fsp3) is 0.289. The number of para-hydroxylation sites is 1. The van der Waals surface area contributed by atoms with Crippen molar-refractivity contribution in [2.75, 3.05) is 60.5 Å². The topological polar surface area (TPSA) is 109 Å². The van der Waals surface area contributed by atoms with E-state index in [0.717, 1.165) is 76.7 Å². The molecule has 0 unspecified atom stereocenters. The average Bonchev–Trinajstić information content (AvgIpc) is 3.66. The highest BCUT2D eigenvalue weighted by Gasteiger charge is 2.21. The first-order valence-electron chi connectivity index (χ1n) is 17.0. The van der Waals surface area contributed by atoms with E-state index in [1.54, 1.807) is 0 Å². The van der Waals surface area contributed by atoms with Crippen LogP contribution in [0.25, 0.3) is 27.8 Å². The quantitative estimate of drug-likeness (QED) is 0.0562. The number of amides is 1. The molecule has 0 aliphatic heterocycles. The second kappa shape index (κ2) is 15.5. The van der Waals surface area contributed by atoms with Crippen LogP contribution in [0, 0.1) is 0 Å². The second-order valence-corrected chi connectivity index (χ2v) is 12.1. The van der Waals surface area contributed by atoms with Gasteiger partial charge in [0.2, 0.25) is 22.6 Å². The Hall–Kier alpha value is -5.71. The van der Waals surface area contributed by atoms with Gasteiger partial charge in [-0.2, -0.15) is 5.10 Å². The minimum atomic E-state index is 0.0225. The average molecular weight is 658 g/mol. The summed E-state index contributed by atoms with van der Waals surface area (Å²) >= 11 is 0. The molecule has 0 aliphatic rings. The number of hydrogen-bond acceptors (Lipinski definition) is 8. The van der Waals surface area contributed by atoms with Crippen LogP contribution in [-0.4, -0.2) is 66.3 Å². The van der Waals surface area contributed by atoms with E-state index >= 15 is 0 Å². The van der Waals surface area contributed by atoms with Gasteiger partial charge in [0.25, 0.3) is 0 Å². The second-order valence-electron chi connectivity index (χ2n) is 12.1. The Morgan fingerprint density at radius 1 is 0.837 bits per heavy atom. The maximum Gasteiger partial charge on any atom is 0.239 e. The smallest absolute Gasteiger partial charge is 0.239 e. The molecule has 0 atom stereocenters. The van der Waals surface area contributed by atoms with Crippen molar-refractivity contribution in [1.82, 2.24) is 25.5 Å². The van der Waals surface area contributed by atoms with E-state index in [-0.39, 0.29) is 5.91 Å². The summed E-state index contributed by atoms with van der Waals surface area (Å²) in [7, 11) is 4.09. The van der Waals surface area contributed by atoms with Crippen LogP contribution in [-0.2, 0) is 11.2 Å². The lowest BCUT2D eigenvalue weighted by Crippen LogP contribution is -2.34. The Kier molecular flexibility index (Phi) is 10.5. The number of carbonyl (C=O) groups excluding carboxylic acids is 1. The number of aromatic nitrogens is 5. The van der Waals surface area contributed by atoms with Gasteiger partial charge in [0.15, 0.2) is 0 Å². The predicted octanol–water partition coefficient (Wildman–Crippen LogP) is 5.67. The Morgan fingerprint density at radius 2 is 1.53 bits per heavy atom. The van der Waals surface area contributed by atoms with Gasteiger partial charge in [-0.3, -0.25) is 20.3 Å². The molecular formula is C38H45N10O+. The Balaban J connectivity index is 1.13. The fourth-order valence-corrected chi connectivity index (χ4v) is 6.09. The van der Waals surface area contributed by atoms with E-state index in [0.29, 0.717) is 19.4 Å². The van der Waals surface area contributed by atoms with Crippen molar-refractivity contribution in [1.29, 1.82) is 0 Å². The molecule has 0 radical (unpaired) electrons. The number of carbonyl (C=O) groups is 1. The van der Waals surface area contributed by atoms with E-state index in [9.17, 15) is 4.79 Å². The van der Waals surface area contributed by atoms with Gasteiger partial charge >= 0.3 is 0 Å². The summed E-state index contributed by atoms with van der Waals surface area (Å²) in [5.41, 5.74) is 12.9. The van der Waals surface area contributed by atoms with Crippen LogP contribution in [0.4, 0.5) is 22.7 Å². The van der Waals surface area contributed by atoms with Crippen molar-refractivity contribution in [2.45, 2.75) is 33.1 Å². The lowest BCUT2D eigenvalue weighted by molar-refractivity contribution is -0.538. The van der Waals surface area contributed by atoms with Crippen LogP contribution in [0.5, 0.6) is 0 Å². The monoisotopic (exact) mass is 657 g/mol. The molecule has 0 aliphatic carbocycles. The molecule has 0 saturated heterocycles. The molecule has 3 N–H and O–H groups in total. The molecule has 11 heteroatoms. The molecule has 6 aromatic rings. The summed E-state index contributed by atoms with van der Waals surface area (Å²) in [5.74, 6) is 0.748. The molecule has 0 spiro atoms. The summed E-state index contributed by atoms with van der Waals surface area (Å²) < 4.78 is 2.31. The lowest BCUT2D eigenvalue weighted by Gasteiger charge is -2.24. The molecule has 6 rings (SSSR count). The number of aromatic amines is 1. The van der Waals surface area contributed by atoms with Crippen molar-refractivity contribution in [3.63, 3.8) is 0 Å². The molecule has 252 valence electrons. The number of hydrogen-bond donors (Lipinski definition) is 3. The zero-order valence-corrected chi connectivity index (χ0v) is 28.7. The molecular weight excluding hydrogens is 612 g/mol. The van der Waals surface area contributed by atoms with Gasteiger partial charge in [-0.05, 0) is 68.8 Å². The Bertz CT molecular complexity index is 1980. The molecule has 11 nitrogen and oxygen atoms in total. The Morgan fingerprint density at radius 3 is 2.24 bits per heavy atom. The summed E-state index contributed by atoms with van der Waals surface area (Å²) in [4.78, 5) is 25.8. The minimum Gasteiger partial charge on any atom is -0.375 e. The number of nitrogens with zero attached hydrogens (tertiary/aromatic N) is 7. The number of anilines is 4. The molecule has 1 amide bonds. The molecule has 4 aromatic carbocycles. The standard InChI is InChI=1S/C38H44N10O/c1-5-47(6-2)32-18-20-34-36(26-32)48(31-11-8-7-9-12-31)35-25-28(13-19-33(35)42-34)44-46(4)30-16-14-29(15-17-30)45(3)24-10-23-39-38(49)22-21-37-40-27-41-43-37/h7-9,11-20,25-27H,5-6,10,21-24H2,1-4H3,(H2,39,40,41,43,49)/p+1. The van der Waals surface area contributed by atoms with Gasteiger partial charge in [0.1, 0.15) is 23.2 Å². The van der Waals surface area contributed by atoms with Gasteiger partial charge in [-0.25, -0.2) is 9.97 Å². The van der Waals surface area contributed by atoms with Crippen LogP contribution in [0.3, 0.4) is 0 Å². The molecule has 49 heavy (non-hydrogen) atoms. The first kappa shape index (κ1) is 33.2. The number of rotatable bonds is 15. The van der Waals surface area contributed by atoms with E-state index in [4.69, 9.17) is 4.98 Å². The molecule has 0 fully saturated rings. The van der Waals surface area contributed by atoms with Crippen LogP contribution in [0.15, 0.2) is 97.3 Å². The highest BCUT2D eigenvalue weighted by molar-refractivity contribution is 5.86. The van der Waals surface area contributed by atoms with E-state index in [2.05, 4.69) is 146 Å². The van der Waals surface area contributed by atoms with Crippen LogP contribution < -0.4 is 30.1 Å². The van der Waals surface area contributed by atoms with Gasteiger partial charge in [0, 0.05) is 88.8 Å². The fourth-order valence-electron chi connectivity index (χ4n) is 6.09. The Labute approximate surface area is 287 Å². The molecule has 0 bridgehead atoms. The third-order valence-electron chi connectivity index (χ3n) is 8.82. The number of H-pyrrole nitrogens is 1. The maximum absolute atomic E-state index is 12.1. The maximum atomic E-state index is 12.1. The molecule has 2 aromatic heterocycles. The van der Waals surface area contributed by atoms with Crippen LogP contribution >= 0.6 is 0 Å². The number of hydrazine groups is 1. The largest absolute Gasteiger partial charge is 0.375 e. The molecule has 0 saturated carbocycles. The van der Waals surface area contributed by atoms with Crippen LogP contribution in [0.1, 0.15) is 32.5 Å². The van der Waals surface area contributed by atoms with Gasteiger partial charge < -0.3 is 15.1 Å². The zero-order chi connectivity index (χ0) is 34.2. The minimum absolute atomic E-state index is 0.0225. The summed E-state index contributed by atoms with van der Waals surface area (Å²) in [6, 6.07) is 31.8. The highest BCUT2D eigenvalue weighted by Crippen LogP contribution is 2.26. The SMILES string of the molecule is CCN(CC)c1ccc2nc3ccc(NN(C)c4ccc(N(C)CCCNC(=O)CCc5ncn[nH]5)cc4)cc3[n+](-c3ccccc3)c2c1. The number of nitrogens with one attached hydrogen (secondary N) is 3. The first-order chi connectivity index (χ1) is 23.9. The van der Waals surface area contributed by atoms with Crippen molar-refractivity contribution in [2.24, 2.45) is 0 Å². The van der Waals surface area contributed by atoms with Crippen molar-refractivity contribution in [3.8, 4) is 5.69 Å². The van der Waals surface area contributed by atoms with Gasteiger partial charge in [-0.15, -0.1) is 4.57 Å². The highest BCUT2D eigenvalue weighted by atomic mass is 16.1. The van der Waals surface area contributed by atoms with Crippen LogP contribution in [0.2, 0.25) is 0 Å². The van der Waals surface area contributed by atoms with Crippen molar-refractivity contribution >= 4 is 50.7 Å². The van der Waals surface area contributed by atoms with Crippen molar-refractivity contribution < 1.29 is 9.36 Å². The lowest BCUT2D eigenvalue weighted by atomic mass is 10.1. The van der Waals surface area contributed by atoms with Crippen molar-refractivity contribution in [3.05, 3.63) is 103 Å². The van der Waals surface area contributed by atoms with E-state index in [1.165, 1.54) is 12.0 Å². The van der Waals surface area contributed by atoms with Gasteiger partial charge in [-0.1, -0.05) is 18.2 Å².